The van der Waals surface area contributed by atoms with Crippen molar-refractivity contribution >= 4 is 11.8 Å². The molecular formula is C11H10FNO2. The zero-order valence-electron chi connectivity index (χ0n) is 8.45. The molecule has 15 heavy (non-hydrogen) atoms. The molecule has 0 atom stereocenters. The quantitative estimate of drug-likeness (QED) is 0.659. The lowest BCUT2D eigenvalue weighted by Gasteiger charge is -2.17. The Labute approximate surface area is 86.5 Å². The Morgan fingerprint density at radius 3 is 2.40 bits per heavy atom. The van der Waals surface area contributed by atoms with Gasteiger partial charge in [-0.25, -0.2) is 4.39 Å². The molecule has 1 aromatic carbocycles. The highest BCUT2D eigenvalue weighted by atomic mass is 19.1. The van der Waals surface area contributed by atoms with Crippen molar-refractivity contribution in [2.75, 3.05) is 0 Å². The lowest BCUT2D eigenvalue weighted by molar-refractivity contribution is 0.0608. The lowest BCUT2D eigenvalue weighted by atomic mass is 10.1. The Morgan fingerprint density at radius 2 is 1.87 bits per heavy atom. The van der Waals surface area contributed by atoms with Gasteiger partial charge in [-0.05, 0) is 26.0 Å². The summed E-state index contributed by atoms with van der Waals surface area (Å²) in [5, 5.41) is 0. The average molecular weight is 207 g/mol. The Balaban J connectivity index is 2.61. The second-order valence-electron chi connectivity index (χ2n) is 3.74. The van der Waals surface area contributed by atoms with Gasteiger partial charge in [-0.3, -0.25) is 14.5 Å². The number of rotatable bonds is 1. The average Bonchev–Trinajstić information content (AvgIpc) is 2.40. The van der Waals surface area contributed by atoms with Crippen LogP contribution in [0.2, 0.25) is 0 Å². The third-order valence-corrected chi connectivity index (χ3v) is 2.41. The van der Waals surface area contributed by atoms with Gasteiger partial charge in [0, 0.05) is 6.04 Å². The maximum absolute atomic E-state index is 13.4. The van der Waals surface area contributed by atoms with E-state index in [1.165, 1.54) is 18.2 Å². The summed E-state index contributed by atoms with van der Waals surface area (Å²) in [5.74, 6) is -1.58. The van der Waals surface area contributed by atoms with Gasteiger partial charge in [0.1, 0.15) is 5.82 Å². The highest BCUT2D eigenvalue weighted by Gasteiger charge is 2.38. The number of fused-ring (bicyclic) bond motifs is 1. The molecule has 0 unspecified atom stereocenters. The first-order chi connectivity index (χ1) is 7.04. The number of carbonyl (C=O) groups excluding carboxylic acids is 2. The summed E-state index contributed by atoms with van der Waals surface area (Å²) in [6.45, 7) is 3.44. The molecule has 0 radical (unpaired) electrons. The first-order valence-corrected chi connectivity index (χ1v) is 4.70. The van der Waals surface area contributed by atoms with Crippen LogP contribution >= 0.6 is 0 Å². The van der Waals surface area contributed by atoms with E-state index in [9.17, 15) is 14.0 Å². The predicted molar refractivity (Wildman–Crippen MR) is 52.0 cm³/mol. The molecular weight excluding hydrogens is 197 g/mol. The molecule has 0 fully saturated rings. The van der Waals surface area contributed by atoms with Gasteiger partial charge in [-0.2, -0.15) is 0 Å². The number of carbonyl (C=O) groups is 2. The maximum Gasteiger partial charge on any atom is 0.264 e. The van der Waals surface area contributed by atoms with Crippen molar-refractivity contribution in [3.05, 3.63) is 35.1 Å². The Bertz CT molecular complexity index is 454. The smallest absolute Gasteiger partial charge is 0.264 e. The number of amides is 2. The summed E-state index contributed by atoms with van der Waals surface area (Å²) in [5.41, 5.74) is 0.0601. The number of benzene rings is 1. The second-order valence-corrected chi connectivity index (χ2v) is 3.74. The highest BCUT2D eigenvalue weighted by molar-refractivity contribution is 6.21. The van der Waals surface area contributed by atoms with Gasteiger partial charge < -0.3 is 0 Å². The minimum Gasteiger partial charge on any atom is -0.272 e. The van der Waals surface area contributed by atoms with Crippen LogP contribution in [-0.4, -0.2) is 22.8 Å². The van der Waals surface area contributed by atoms with Crippen molar-refractivity contribution in [3.63, 3.8) is 0 Å². The van der Waals surface area contributed by atoms with Gasteiger partial charge in [-0.1, -0.05) is 6.07 Å². The molecule has 0 saturated heterocycles. The van der Waals surface area contributed by atoms with Gasteiger partial charge in [0.05, 0.1) is 11.1 Å². The van der Waals surface area contributed by atoms with Crippen molar-refractivity contribution in [2.45, 2.75) is 19.9 Å². The standard InChI is InChI=1S/C11H10FNO2/c1-6(2)13-10(14)7-4-3-5-8(12)9(7)11(13)15/h3-6H,1-2H3. The number of halogens is 1. The van der Waals surface area contributed by atoms with E-state index in [2.05, 4.69) is 0 Å². The molecule has 0 spiro atoms. The summed E-state index contributed by atoms with van der Waals surface area (Å²) in [4.78, 5) is 24.6. The fourth-order valence-corrected chi connectivity index (χ4v) is 1.73. The molecule has 3 nitrogen and oxygen atoms in total. The molecule has 1 aliphatic heterocycles. The molecule has 1 aromatic rings. The van der Waals surface area contributed by atoms with Gasteiger partial charge in [0.15, 0.2) is 0 Å². The highest BCUT2D eigenvalue weighted by Crippen LogP contribution is 2.26. The van der Waals surface area contributed by atoms with E-state index in [4.69, 9.17) is 0 Å². The SMILES string of the molecule is CC(C)N1C(=O)c2cccc(F)c2C1=O. The summed E-state index contributed by atoms with van der Waals surface area (Å²) in [7, 11) is 0. The lowest BCUT2D eigenvalue weighted by Crippen LogP contribution is -2.36. The number of hydrogen-bond acceptors (Lipinski definition) is 2. The van der Waals surface area contributed by atoms with Crippen molar-refractivity contribution in [1.82, 2.24) is 4.90 Å². The van der Waals surface area contributed by atoms with Gasteiger partial charge >= 0.3 is 0 Å². The van der Waals surface area contributed by atoms with Gasteiger partial charge in [0.25, 0.3) is 11.8 Å². The fourth-order valence-electron chi connectivity index (χ4n) is 1.73. The van der Waals surface area contributed by atoms with Crippen LogP contribution < -0.4 is 0 Å². The van der Waals surface area contributed by atoms with Gasteiger partial charge in [0.2, 0.25) is 0 Å². The number of imide groups is 1. The van der Waals surface area contributed by atoms with E-state index in [1.54, 1.807) is 13.8 Å². The monoisotopic (exact) mass is 207 g/mol. The Kier molecular flexibility index (Phi) is 2.07. The third kappa shape index (κ3) is 1.25. The van der Waals surface area contributed by atoms with Crippen LogP contribution in [0, 0.1) is 5.82 Å². The number of nitrogens with zero attached hydrogens (tertiary/aromatic N) is 1. The van der Waals surface area contributed by atoms with Crippen LogP contribution in [0.1, 0.15) is 34.6 Å². The van der Waals surface area contributed by atoms with Crippen molar-refractivity contribution < 1.29 is 14.0 Å². The predicted octanol–water partition coefficient (Wildman–Crippen LogP) is 1.83. The molecule has 0 aliphatic carbocycles. The zero-order valence-corrected chi connectivity index (χ0v) is 8.45. The first-order valence-electron chi connectivity index (χ1n) is 4.70. The van der Waals surface area contributed by atoms with Crippen LogP contribution in [0.5, 0.6) is 0 Å². The van der Waals surface area contributed by atoms with Crippen LogP contribution in [0.25, 0.3) is 0 Å². The molecule has 0 bridgehead atoms. The molecule has 1 heterocycles. The molecule has 78 valence electrons. The normalized spacial score (nSPS) is 15.1. The van der Waals surface area contributed by atoms with Crippen molar-refractivity contribution in [1.29, 1.82) is 0 Å². The fraction of sp³-hybridized carbons (Fsp3) is 0.273. The van der Waals surface area contributed by atoms with Crippen LogP contribution in [0.3, 0.4) is 0 Å². The molecule has 0 aromatic heterocycles. The Morgan fingerprint density at radius 1 is 1.20 bits per heavy atom. The summed E-state index contributed by atoms with van der Waals surface area (Å²) in [6, 6.07) is 3.84. The second kappa shape index (κ2) is 3.15. The maximum atomic E-state index is 13.4. The molecule has 2 amide bonds. The molecule has 2 rings (SSSR count). The van der Waals surface area contributed by atoms with Gasteiger partial charge in [-0.15, -0.1) is 0 Å². The third-order valence-electron chi connectivity index (χ3n) is 2.41. The minimum absolute atomic E-state index is 0.101. The molecule has 0 N–H and O–H groups in total. The summed E-state index contributed by atoms with van der Waals surface area (Å²) in [6.07, 6.45) is 0. The first kappa shape index (κ1) is 9.83. The zero-order chi connectivity index (χ0) is 11.2. The van der Waals surface area contributed by atoms with Crippen molar-refractivity contribution in [2.24, 2.45) is 0 Å². The largest absolute Gasteiger partial charge is 0.272 e. The Hall–Kier alpha value is -1.71. The number of hydrogen-bond donors (Lipinski definition) is 0. The molecule has 1 aliphatic rings. The van der Waals surface area contributed by atoms with E-state index >= 15 is 0 Å². The van der Waals surface area contributed by atoms with E-state index in [-0.39, 0.29) is 17.2 Å². The molecule has 0 saturated carbocycles. The van der Waals surface area contributed by atoms with Crippen LogP contribution in [-0.2, 0) is 0 Å². The summed E-state index contributed by atoms with van der Waals surface area (Å²) < 4.78 is 13.4. The van der Waals surface area contributed by atoms with Crippen LogP contribution in [0.4, 0.5) is 4.39 Å². The molecule has 4 heteroatoms. The van der Waals surface area contributed by atoms with E-state index in [0.29, 0.717) is 0 Å². The topological polar surface area (TPSA) is 37.4 Å². The van der Waals surface area contributed by atoms with E-state index in [0.717, 1.165) is 4.90 Å². The summed E-state index contributed by atoms with van der Waals surface area (Å²) >= 11 is 0. The van der Waals surface area contributed by atoms with Crippen LogP contribution in [0.15, 0.2) is 18.2 Å². The van der Waals surface area contributed by atoms with Crippen molar-refractivity contribution in [3.8, 4) is 0 Å². The minimum atomic E-state index is -0.631. The van der Waals surface area contributed by atoms with E-state index < -0.39 is 17.6 Å². The van der Waals surface area contributed by atoms with E-state index in [1.807, 2.05) is 0 Å².